The molecule has 0 aliphatic rings. The van der Waals surface area contributed by atoms with Gasteiger partial charge in [0.25, 0.3) is 0 Å². The molecule has 1 atom stereocenters. The van der Waals surface area contributed by atoms with E-state index in [2.05, 4.69) is 5.32 Å². The van der Waals surface area contributed by atoms with E-state index in [1.165, 1.54) is 6.92 Å². The molecular weight excluding hydrogens is 404 g/mol. The number of carbonyl (C=O) groups is 2. The molecule has 2 aromatic carbocycles. The summed E-state index contributed by atoms with van der Waals surface area (Å²) in [6.45, 7) is 8.92. The molecule has 2 rings (SSSR count). The fourth-order valence-electron chi connectivity index (χ4n) is 3.32. The van der Waals surface area contributed by atoms with Crippen LogP contribution in [-0.4, -0.2) is 39.2 Å². The van der Waals surface area contributed by atoms with E-state index in [-0.39, 0.29) is 6.61 Å². The van der Waals surface area contributed by atoms with Crippen molar-refractivity contribution in [1.82, 2.24) is 0 Å². The Balaban J connectivity index is 2.37. The van der Waals surface area contributed by atoms with Crippen molar-refractivity contribution >= 4 is 33.3 Å². The lowest BCUT2D eigenvalue weighted by molar-refractivity contribution is -0.116. The van der Waals surface area contributed by atoms with E-state index in [4.69, 9.17) is 4.74 Å². The first-order chi connectivity index (χ1) is 14.0. The third kappa shape index (κ3) is 5.38. The van der Waals surface area contributed by atoms with E-state index in [9.17, 15) is 18.0 Å². The predicted octanol–water partition coefficient (Wildman–Crippen LogP) is 3.58. The van der Waals surface area contributed by atoms with E-state index >= 15 is 0 Å². The third-order valence-corrected chi connectivity index (χ3v) is 5.88. The van der Waals surface area contributed by atoms with Gasteiger partial charge in [-0.3, -0.25) is 9.10 Å². The molecule has 1 amide bonds. The topological polar surface area (TPSA) is 92.8 Å². The van der Waals surface area contributed by atoms with Crippen LogP contribution in [-0.2, 0) is 19.6 Å². The summed E-state index contributed by atoms with van der Waals surface area (Å²) >= 11 is 0. The number of anilines is 2. The molecule has 8 heteroatoms. The van der Waals surface area contributed by atoms with Crippen molar-refractivity contribution in [3.8, 4) is 0 Å². The Morgan fingerprint density at radius 3 is 2.23 bits per heavy atom. The summed E-state index contributed by atoms with van der Waals surface area (Å²) in [7, 11) is -3.73. The van der Waals surface area contributed by atoms with Crippen LogP contribution in [0.2, 0.25) is 0 Å². The minimum atomic E-state index is -3.73. The fourth-order valence-corrected chi connectivity index (χ4v) is 4.48. The van der Waals surface area contributed by atoms with Crippen LogP contribution in [0.15, 0.2) is 36.4 Å². The van der Waals surface area contributed by atoms with Gasteiger partial charge >= 0.3 is 5.97 Å². The van der Waals surface area contributed by atoms with Gasteiger partial charge in [-0.25, -0.2) is 13.2 Å². The van der Waals surface area contributed by atoms with Gasteiger partial charge in [-0.1, -0.05) is 12.1 Å². The average Bonchev–Trinajstić information content (AvgIpc) is 2.61. The molecule has 0 heterocycles. The molecule has 0 saturated heterocycles. The van der Waals surface area contributed by atoms with Crippen LogP contribution in [0.4, 0.5) is 11.4 Å². The number of ether oxygens (including phenoxy) is 1. The number of esters is 1. The van der Waals surface area contributed by atoms with Crippen LogP contribution in [0, 0.1) is 20.8 Å². The number of benzene rings is 2. The number of hydrogen-bond donors (Lipinski definition) is 1. The van der Waals surface area contributed by atoms with Gasteiger partial charge in [-0.2, -0.15) is 0 Å². The van der Waals surface area contributed by atoms with Gasteiger partial charge in [0.05, 0.1) is 24.1 Å². The van der Waals surface area contributed by atoms with E-state index < -0.39 is 27.9 Å². The van der Waals surface area contributed by atoms with E-state index in [1.54, 1.807) is 44.2 Å². The molecule has 0 radical (unpaired) electrons. The Hall–Kier alpha value is -2.87. The molecule has 0 unspecified atom stereocenters. The lowest BCUT2D eigenvalue weighted by Gasteiger charge is -2.29. The fraction of sp³-hybridized carbons (Fsp3) is 0.364. The maximum Gasteiger partial charge on any atom is 0.338 e. The Kier molecular flexibility index (Phi) is 7.25. The van der Waals surface area contributed by atoms with Crippen molar-refractivity contribution < 1.29 is 22.7 Å². The lowest BCUT2D eigenvalue weighted by Crippen LogP contribution is -2.45. The molecule has 0 bridgehead atoms. The second-order valence-corrected chi connectivity index (χ2v) is 9.13. The molecule has 0 fully saturated rings. The van der Waals surface area contributed by atoms with Gasteiger partial charge in [0, 0.05) is 5.69 Å². The normalized spacial score (nSPS) is 12.2. The quantitative estimate of drug-likeness (QED) is 0.675. The minimum absolute atomic E-state index is 0.241. The Labute approximate surface area is 178 Å². The highest BCUT2D eigenvalue weighted by Crippen LogP contribution is 2.25. The first kappa shape index (κ1) is 23.4. The highest BCUT2D eigenvalue weighted by atomic mass is 32.2. The first-order valence-corrected chi connectivity index (χ1v) is 11.5. The summed E-state index contributed by atoms with van der Waals surface area (Å²) in [6, 6.07) is 9.28. The summed E-state index contributed by atoms with van der Waals surface area (Å²) in [5, 5.41) is 2.75. The predicted molar refractivity (Wildman–Crippen MR) is 118 cm³/mol. The number of carbonyl (C=O) groups excluding carboxylic acids is 2. The van der Waals surface area contributed by atoms with Crippen molar-refractivity contribution in [3.63, 3.8) is 0 Å². The largest absolute Gasteiger partial charge is 0.462 e. The van der Waals surface area contributed by atoms with Gasteiger partial charge in [-0.15, -0.1) is 0 Å². The maximum atomic E-state index is 13.0. The molecule has 2 aromatic rings. The molecule has 0 aliphatic heterocycles. The molecule has 0 aliphatic carbocycles. The summed E-state index contributed by atoms with van der Waals surface area (Å²) < 4.78 is 31.2. The zero-order chi connectivity index (χ0) is 22.6. The molecule has 1 N–H and O–H groups in total. The zero-order valence-electron chi connectivity index (χ0n) is 18.1. The van der Waals surface area contributed by atoms with Crippen molar-refractivity contribution in [2.45, 2.75) is 40.7 Å². The zero-order valence-corrected chi connectivity index (χ0v) is 19.0. The molecule has 0 spiro atoms. The third-order valence-electron chi connectivity index (χ3n) is 4.64. The van der Waals surface area contributed by atoms with E-state index in [1.807, 2.05) is 19.9 Å². The van der Waals surface area contributed by atoms with Crippen LogP contribution < -0.4 is 9.62 Å². The lowest BCUT2D eigenvalue weighted by atomic mass is 10.1. The van der Waals surface area contributed by atoms with Crippen LogP contribution >= 0.6 is 0 Å². The molecule has 30 heavy (non-hydrogen) atoms. The van der Waals surface area contributed by atoms with Crippen molar-refractivity contribution in [1.29, 1.82) is 0 Å². The van der Waals surface area contributed by atoms with Crippen molar-refractivity contribution in [2.75, 3.05) is 22.5 Å². The van der Waals surface area contributed by atoms with Crippen LogP contribution in [0.1, 0.15) is 40.9 Å². The number of sulfonamides is 1. The summed E-state index contributed by atoms with van der Waals surface area (Å²) in [6.07, 6.45) is 1.07. The van der Waals surface area contributed by atoms with Crippen LogP contribution in [0.3, 0.4) is 0 Å². The molecular formula is C22H28N2O5S. The smallest absolute Gasteiger partial charge is 0.338 e. The number of hydrogen-bond acceptors (Lipinski definition) is 5. The van der Waals surface area contributed by atoms with Gasteiger partial charge in [0.1, 0.15) is 6.04 Å². The molecule has 162 valence electrons. The molecule has 0 aromatic heterocycles. The summed E-state index contributed by atoms with van der Waals surface area (Å²) in [4.78, 5) is 25.1. The standard InChI is InChI=1S/C22H28N2O5S/c1-7-29-22(26)19-9-8-10-20(16(19)4)23-21(25)17(5)24(30(6,27)28)18-12-14(2)11-15(3)13-18/h8-13,17H,7H2,1-6H3,(H,23,25)/t17-/m1/s1. The second-order valence-electron chi connectivity index (χ2n) is 7.27. The van der Waals surface area contributed by atoms with Crippen LogP contribution in [0.25, 0.3) is 0 Å². The maximum absolute atomic E-state index is 13.0. The van der Waals surface area contributed by atoms with E-state index in [0.717, 1.165) is 21.7 Å². The summed E-state index contributed by atoms with van der Waals surface area (Å²) in [5.41, 5.74) is 3.53. The SMILES string of the molecule is CCOC(=O)c1cccc(NC(=O)[C@@H](C)N(c2cc(C)cc(C)c2)S(C)(=O)=O)c1C. The van der Waals surface area contributed by atoms with Crippen molar-refractivity contribution in [3.05, 3.63) is 58.7 Å². The van der Waals surface area contributed by atoms with Gasteiger partial charge < -0.3 is 10.1 Å². The van der Waals surface area contributed by atoms with Gasteiger partial charge in [0.2, 0.25) is 15.9 Å². The number of aryl methyl sites for hydroxylation is 2. The number of nitrogens with one attached hydrogen (secondary N) is 1. The Morgan fingerprint density at radius 2 is 1.70 bits per heavy atom. The Bertz CT molecular complexity index is 1040. The number of nitrogens with zero attached hydrogens (tertiary/aromatic N) is 1. The van der Waals surface area contributed by atoms with Crippen molar-refractivity contribution in [2.24, 2.45) is 0 Å². The minimum Gasteiger partial charge on any atom is -0.462 e. The highest BCUT2D eigenvalue weighted by molar-refractivity contribution is 7.92. The van der Waals surface area contributed by atoms with Crippen LogP contribution in [0.5, 0.6) is 0 Å². The van der Waals surface area contributed by atoms with Gasteiger partial charge in [0.15, 0.2) is 0 Å². The second kappa shape index (κ2) is 9.30. The Morgan fingerprint density at radius 1 is 1.10 bits per heavy atom. The van der Waals surface area contributed by atoms with E-state index in [0.29, 0.717) is 22.5 Å². The average molecular weight is 433 g/mol. The molecule has 7 nitrogen and oxygen atoms in total. The monoisotopic (exact) mass is 432 g/mol. The highest BCUT2D eigenvalue weighted by Gasteiger charge is 2.30. The number of amides is 1. The first-order valence-electron chi connectivity index (χ1n) is 9.61. The summed E-state index contributed by atoms with van der Waals surface area (Å²) in [5.74, 6) is -0.990. The van der Waals surface area contributed by atoms with Gasteiger partial charge in [-0.05, 0) is 75.6 Å². The number of rotatable bonds is 7. The molecule has 0 saturated carbocycles.